The molecule has 4 nitrogen and oxygen atoms in total. The lowest BCUT2D eigenvalue weighted by Crippen LogP contribution is -2.34. The molecule has 0 radical (unpaired) electrons. The van der Waals surface area contributed by atoms with E-state index in [-0.39, 0.29) is 16.6 Å². The number of amides is 1. The second-order valence-electron chi connectivity index (χ2n) is 4.07. The number of benzene rings is 1. The van der Waals surface area contributed by atoms with Gasteiger partial charge in [0.2, 0.25) is 0 Å². The SMILES string of the molecule is O=C(NC(=S)Nc1ccc(I)cc1C(F)(F)F)c1ccco1. The van der Waals surface area contributed by atoms with Crippen molar-refractivity contribution >= 4 is 51.5 Å². The Morgan fingerprint density at radius 1 is 1.27 bits per heavy atom. The van der Waals surface area contributed by atoms with Crippen molar-refractivity contribution in [3.63, 3.8) is 0 Å². The summed E-state index contributed by atoms with van der Waals surface area (Å²) < 4.78 is 44.2. The van der Waals surface area contributed by atoms with Crippen LogP contribution in [0, 0.1) is 3.57 Å². The first-order valence-corrected chi connectivity index (χ1v) is 7.28. The quantitative estimate of drug-likeness (QED) is 0.547. The number of hydrogen-bond acceptors (Lipinski definition) is 3. The van der Waals surface area contributed by atoms with Crippen LogP contribution in [0.4, 0.5) is 18.9 Å². The van der Waals surface area contributed by atoms with Crippen molar-refractivity contribution in [2.75, 3.05) is 5.32 Å². The first kappa shape index (κ1) is 16.7. The zero-order chi connectivity index (χ0) is 16.3. The van der Waals surface area contributed by atoms with Crippen molar-refractivity contribution < 1.29 is 22.4 Å². The van der Waals surface area contributed by atoms with Gasteiger partial charge in [0.05, 0.1) is 17.5 Å². The molecule has 2 rings (SSSR count). The van der Waals surface area contributed by atoms with Crippen molar-refractivity contribution in [1.29, 1.82) is 0 Å². The van der Waals surface area contributed by atoms with Crippen LogP contribution in [-0.2, 0) is 6.18 Å². The number of thiocarbonyl (C=S) groups is 1. The van der Waals surface area contributed by atoms with E-state index in [1.54, 1.807) is 22.6 Å². The lowest BCUT2D eigenvalue weighted by molar-refractivity contribution is -0.136. The Morgan fingerprint density at radius 3 is 2.59 bits per heavy atom. The lowest BCUT2D eigenvalue weighted by Gasteiger charge is -2.15. The number of anilines is 1. The summed E-state index contributed by atoms with van der Waals surface area (Å²) in [5.74, 6) is -0.649. The van der Waals surface area contributed by atoms with Crippen molar-refractivity contribution in [2.45, 2.75) is 6.18 Å². The number of carbonyl (C=O) groups excluding carboxylic acids is 1. The van der Waals surface area contributed by atoms with Crippen LogP contribution in [0.1, 0.15) is 16.1 Å². The van der Waals surface area contributed by atoms with Gasteiger partial charge in [-0.15, -0.1) is 0 Å². The summed E-state index contributed by atoms with van der Waals surface area (Å²) in [4.78, 5) is 11.7. The van der Waals surface area contributed by atoms with Crippen LogP contribution >= 0.6 is 34.8 Å². The summed E-state index contributed by atoms with van der Waals surface area (Å²) in [6, 6.07) is 6.64. The predicted octanol–water partition coefficient (Wildman–Crippen LogP) is 4.03. The minimum atomic E-state index is -4.54. The zero-order valence-corrected chi connectivity index (χ0v) is 13.7. The Hall–Kier alpha value is -1.62. The monoisotopic (exact) mass is 440 g/mol. The molecule has 2 aromatic rings. The predicted molar refractivity (Wildman–Crippen MR) is 86.6 cm³/mol. The molecule has 0 aliphatic carbocycles. The summed E-state index contributed by atoms with van der Waals surface area (Å²) in [6.45, 7) is 0. The number of furan rings is 1. The number of alkyl halides is 3. The Bertz CT molecular complexity index is 702. The van der Waals surface area contributed by atoms with E-state index in [2.05, 4.69) is 10.6 Å². The number of nitrogens with one attached hydrogen (secondary N) is 2. The van der Waals surface area contributed by atoms with Crippen LogP contribution < -0.4 is 10.6 Å². The number of rotatable bonds is 2. The smallest absolute Gasteiger partial charge is 0.418 e. The van der Waals surface area contributed by atoms with E-state index in [4.69, 9.17) is 16.6 Å². The van der Waals surface area contributed by atoms with Crippen LogP contribution in [0.5, 0.6) is 0 Å². The maximum atomic E-state index is 13.0. The van der Waals surface area contributed by atoms with Crippen LogP contribution in [0.25, 0.3) is 0 Å². The summed E-state index contributed by atoms with van der Waals surface area (Å²) in [5.41, 5.74) is -1.10. The third-order valence-electron chi connectivity index (χ3n) is 2.51. The number of carbonyl (C=O) groups is 1. The Labute approximate surface area is 142 Å². The van der Waals surface area contributed by atoms with Crippen molar-refractivity contribution in [3.05, 3.63) is 51.5 Å². The average Bonchev–Trinajstić information content (AvgIpc) is 2.93. The summed E-state index contributed by atoms with van der Waals surface area (Å²) in [7, 11) is 0. The fraction of sp³-hybridized carbons (Fsp3) is 0.0769. The van der Waals surface area contributed by atoms with Gasteiger partial charge in [-0.05, 0) is 65.1 Å². The third kappa shape index (κ3) is 4.19. The average molecular weight is 440 g/mol. The highest BCUT2D eigenvalue weighted by Crippen LogP contribution is 2.35. The summed E-state index contributed by atoms with van der Waals surface area (Å²) in [6.07, 6.45) is -3.24. The zero-order valence-electron chi connectivity index (χ0n) is 10.7. The van der Waals surface area contributed by atoms with Gasteiger partial charge in [-0.1, -0.05) is 0 Å². The van der Waals surface area contributed by atoms with Gasteiger partial charge in [0.25, 0.3) is 5.91 Å². The maximum absolute atomic E-state index is 13.0. The molecule has 0 aliphatic heterocycles. The molecule has 1 aromatic heterocycles. The summed E-state index contributed by atoms with van der Waals surface area (Å²) >= 11 is 6.63. The topological polar surface area (TPSA) is 54.3 Å². The van der Waals surface area contributed by atoms with Gasteiger partial charge in [-0.2, -0.15) is 13.2 Å². The Kier molecular flexibility index (Phi) is 5.06. The molecular weight excluding hydrogens is 432 g/mol. The van der Waals surface area contributed by atoms with Crippen LogP contribution in [0.3, 0.4) is 0 Å². The van der Waals surface area contributed by atoms with Crippen molar-refractivity contribution in [1.82, 2.24) is 5.32 Å². The van der Waals surface area contributed by atoms with Gasteiger partial charge in [-0.3, -0.25) is 10.1 Å². The fourth-order valence-corrected chi connectivity index (χ4v) is 2.28. The highest BCUT2D eigenvalue weighted by molar-refractivity contribution is 14.1. The minimum absolute atomic E-state index is 0.00260. The molecule has 0 saturated heterocycles. The Balaban J connectivity index is 2.14. The normalized spacial score (nSPS) is 11.1. The second kappa shape index (κ2) is 6.65. The van der Waals surface area contributed by atoms with E-state index < -0.39 is 17.6 Å². The van der Waals surface area contributed by atoms with Gasteiger partial charge >= 0.3 is 6.18 Å². The van der Waals surface area contributed by atoms with E-state index in [1.165, 1.54) is 30.5 Å². The molecule has 1 amide bonds. The number of hydrogen-bond donors (Lipinski definition) is 2. The molecule has 9 heteroatoms. The largest absolute Gasteiger partial charge is 0.459 e. The molecule has 0 spiro atoms. The maximum Gasteiger partial charge on any atom is 0.418 e. The van der Waals surface area contributed by atoms with E-state index in [0.29, 0.717) is 3.57 Å². The molecule has 1 aromatic carbocycles. The molecule has 0 unspecified atom stereocenters. The molecule has 0 fully saturated rings. The molecule has 22 heavy (non-hydrogen) atoms. The second-order valence-corrected chi connectivity index (χ2v) is 5.73. The molecule has 0 saturated carbocycles. The van der Waals surface area contributed by atoms with Crippen molar-refractivity contribution in [3.8, 4) is 0 Å². The van der Waals surface area contributed by atoms with Crippen LogP contribution in [0.15, 0.2) is 41.0 Å². The standard InChI is InChI=1S/C13H8F3IN2O2S/c14-13(15,16)8-6-7(17)3-4-9(8)18-12(22)19-11(20)10-2-1-5-21-10/h1-6H,(H2,18,19,20,22). The third-order valence-corrected chi connectivity index (χ3v) is 3.38. The van der Waals surface area contributed by atoms with Gasteiger partial charge in [0.15, 0.2) is 10.9 Å². The molecule has 116 valence electrons. The van der Waals surface area contributed by atoms with Crippen LogP contribution in [0.2, 0.25) is 0 Å². The van der Waals surface area contributed by atoms with Crippen LogP contribution in [-0.4, -0.2) is 11.0 Å². The molecule has 0 aliphatic rings. The highest BCUT2D eigenvalue weighted by atomic mass is 127. The molecular formula is C13H8F3IN2O2S. The fourth-order valence-electron chi connectivity index (χ4n) is 1.59. The number of halogens is 4. The molecule has 1 heterocycles. The Morgan fingerprint density at radius 2 is 2.00 bits per heavy atom. The van der Waals surface area contributed by atoms with Gasteiger partial charge in [0.1, 0.15) is 0 Å². The molecule has 2 N–H and O–H groups in total. The van der Waals surface area contributed by atoms with Gasteiger partial charge in [-0.25, -0.2) is 0 Å². The lowest BCUT2D eigenvalue weighted by atomic mass is 10.1. The van der Waals surface area contributed by atoms with E-state index >= 15 is 0 Å². The van der Waals surface area contributed by atoms with E-state index in [0.717, 1.165) is 6.07 Å². The first-order valence-electron chi connectivity index (χ1n) is 5.80. The van der Waals surface area contributed by atoms with Gasteiger partial charge < -0.3 is 9.73 Å². The molecule has 0 atom stereocenters. The van der Waals surface area contributed by atoms with Gasteiger partial charge in [0, 0.05) is 3.57 Å². The van der Waals surface area contributed by atoms with Crippen molar-refractivity contribution in [2.24, 2.45) is 0 Å². The summed E-state index contributed by atoms with van der Waals surface area (Å²) in [5, 5.41) is 4.36. The molecule has 0 bridgehead atoms. The minimum Gasteiger partial charge on any atom is -0.459 e. The first-order chi connectivity index (χ1) is 10.3. The van der Waals surface area contributed by atoms with E-state index in [9.17, 15) is 18.0 Å². The van der Waals surface area contributed by atoms with E-state index in [1.807, 2.05) is 0 Å². The highest BCUT2D eigenvalue weighted by Gasteiger charge is 2.34.